The molecule has 1 aliphatic heterocycles. The Labute approximate surface area is 105 Å². The number of nitrogens with two attached hydrogens (primary N) is 1. The third-order valence-corrected chi connectivity index (χ3v) is 3.43. The summed E-state index contributed by atoms with van der Waals surface area (Å²) >= 11 is 0. The fourth-order valence-electron chi connectivity index (χ4n) is 2.29. The number of hydrogen-bond donors (Lipinski definition) is 2. The average molecular weight is 252 g/mol. The highest BCUT2D eigenvalue weighted by molar-refractivity contribution is 5.79. The monoisotopic (exact) mass is 252 g/mol. The van der Waals surface area contributed by atoms with Crippen LogP contribution in [0.15, 0.2) is 18.2 Å². The quantitative estimate of drug-likeness (QED) is 0.846. The fourth-order valence-corrected chi connectivity index (χ4v) is 2.29. The molecule has 4 nitrogen and oxygen atoms in total. The molecule has 2 rings (SSSR count). The molecule has 1 heterocycles. The highest BCUT2D eigenvalue weighted by Gasteiger charge is 2.40. The first-order chi connectivity index (χ1) is 8.40. The topological polar surface area (TPSA) is 66.6 Å². The maximum absolute atomic E-state index is 13.1. The predicted molar refractivity (Wildman–Crippen MR) is 65.6 cm³/mol. The van der Waals surface area contributed by atoms with Crippen molar-refractivity contribution in [3.05, 3.63) is 35.1 Å². The number of hydrogen-bond acceptors (Lipinski definition) is 3. The van der Waals surface area contributed by atoms with Crippen LogP contribution < -0.4 is 5.73 Å². The molecule has 1 unspecified atom stereocenters. The van der Waals surface area contributed by atoms with E-state index in [4.69, 9.17) is 10.8 Å². The van der Waals surface area contributed by atoms with Crippen LogP contribution in [-0.4, -0.2) is 34.6 Å². The Morgan fingerprint density at radius 2 is 2.33 bits per heavy atom. The lowest BCUT2D eigenvalue weighted by Gasteiger charge is -2.20. The average Bonchev–Trinajstić information content (AvgIpc) is 2.67. The molecule has 1 saturated heterocycles. The lowest BCUT2D eigenvalue weighted by molar-refractivity contribution is -0.142. The van der Waals surface area contributed by atoms with Crippen molar-refractivity contribution in [3.63, 3.8) is 0 Å². The summed E-state index contributed by atoms with van der Waals surface area (Å²) in [6.45, 7) is 3.30. The van der Waals surface area contributed by atoms with Crippen LogP contribution in [0.4, 0.5) is 4.39 Å². The maximum atomic E-state index is 13.1. The molecule has 0 spiro atoms. The van der Waals surface area contributed by atoms with Crippen LogP contribution >= 0.6 is 0 Å². The third kappa shape index (κ3) is 2.52. The zero-order valence-electron chi connectivity index (χ0n) is 10.3. The highest BCUT2D eigenvalue weighted by Crippen LogP contribution is 2.21. The normalized spacial score (nSPS) is 24.4. The number of nitrogens with zero attached hydrogens (tertiary/aromatic N) is 1. The van der Waals surface area contributed by atoms with Crippen molar-refractivity contribution in [2.45, 2.75) is 25.4 Å². The number of carboxylic acid groups (broad SMARTS) is 1. The van der Waals surface area contributed by atoms with Gasteiger partial charge in [0.25, 0.3) is 0 Å². The van der Waals surface area contributed by atoms with Gasteiger partial charge in [0.15, 0.2) is 0 Å². The van der Waals surface area contributed by atoms with E-state index >= 15 is 0 Å². The Morgan fingerprint density at radius 1 is 1.61 bits per heavy atom. The van der Waals surface area contributed by atoms with Crippen molar-refractivity contribution in [2.75, 3.05) is 13.1 Å². The minimum absolute atomic E-state index is 0.223. The number of aryl methyl sites for hydroxylation is 1. The molecule has 0 aliphatic carbocycles. The molecule has 1 aromatic rings. The zero-order valence-corrected chi connectivity index (χ0v) is 10.3. The van der Waals surface area contributed by atoms with E-state index in [-0.39, 0.29) is 5.82 Å². The van der Waals surface area contributed by atoms with Gasteiger partial charge in [-0.05, 0) is 30.5 Å². The second kappa shape index (κ2) is 4.66. The molecule has 0 amide bonds. The first kappa shape index (κ1) is 13.0. The van der Waals surface area contributed by atoms with Crippen LogP contribution in [0.2, 0.25) is 0 Å². The number of carbonyl (C=O) groups is 1. The second-order valence-electron chi connectivity index (χ2n) is 5.01. The van der Waals surface area contributed by atoms with Crippen molar-refractivity contribution in [2.24, 2.45) is 5.73 Å². The zero-order chi connectivity index (χ0) is 13.3. The van der Waals surface area contributed by atoms with Crippen molar-refractivity contribution in [1.82, 2.24) is 4.90 Å². The number of halogens is 1. The molecular formula is C13H17FN2O2. The Hall–Kier alpha value is -1.46. The van der Waals surface area contributed by atoms with Gasteiger partial charge in [0.1, 0.15) is 11.4 Å². The van der Waals surface area contributed by atoms with E-state index in [1.165, 1.54) is 6.07 Å². The lowest BCUT2D eigenvalue weighted by atomic mass is 10.0. The van der Waals surface area contributed by atoms with Crippen LogP contribution in [0.3, 0.4) is 0 Å². The highest BCUT2D eigenvalue weighted by atomic mass is 19.1. The summed E-state index contributed by atoms with van der Waals surface area (Å²) in [5, 5.41) is 9.04. The fraction of sp³-hybridized carbons (Fsp3) is 0.462. The number of carboxylic acids is 1. The first-order valence-electron chi connectivity index (χ1n) is 5.90. The minimum atomic E-state index is -1.14. The summed E-state index contributed by atoms with van der Waals surface area (Å²) in [6, 6.07) is 4.94. The summed E-state index contributed by atoms with van der Waals surface area (Å²) < 4.78 is 13.1. The van der Waals surface area contributed by atoms with Crippen LogP contribution in [0.25, 0.3) is 0 Å². The predicted octanol–water partition coefficient (Wildman–Crippen LogP) is 1.12. The van der Waals surface area contributed by atoms with Crippen molar-refractivity contribution < 1.29 is 14.3 Å². The van der Waals surface area contributed by atoms with E-state index in [1.807, 2.05) is 4.90 Å². The summed E-state index contributed by atoms with van der Waals surface area (Å²) in [5.41, 5.74) is 6.23. The van der Waals surface area contributed by atoms with Crippen LogP contribution in [0, 0.1) is 12.7 Å². The van der Waals surface area contributed by atoms with Gasteiger partial charge in [-0.1, -0.05) is 12.1 Å². The molecule has 3 N–H and O–H groups in total. The molecule has 0 radical (unpaired) electrons. The smallest absolute Gasteiger partial charge is 0.325 e. The van der Waals surface area contributed by atoms with Gasteiger partial charge in [-0.15, -0.1) is 0 Å². The minimum Gasteiger partial charge on any atom is -0.480 e. The van der Waals surface area contributed by atoms with Gasteiger partial charge in [-0.2, -0.15) is 0 Å². The van der Waals surface area contributed by atoms with E-state index in [2.05, 4.69) is 0 Å². The summed E-state index contributed by atoms with van der Waals surface area (Å²) in [7, 11) is 0. The second-order valence-corrected chi connectivity index (χ2v) is 5.01. The van der Waals surface area contributed by atoms with Crippen molar-refractivity contribution in [3.8, 4) is 0 Å². The van der Waals surface area contributed by atoms with Gasteiger partial charge in [-0.3, -0.25) is 9.69 Å². The molecule has 1 atom stereocenters. The van der Waals surface area contributed by atoms with E-state index in [9.17, 15) is 9.18 Å². The third-order valence-electron chi connectivity index (χ3n) is 3.43. The van der Waals surface area contributed by atoms with Gasteiger partial charge in [0.2, 0.25) is 0 Å². The van der Waals surface area contributed by atoms with E-state index in [0.29, 0.717) is 31.6 Å². The Morgan fingerprint density at radius 3 is 2.89 bits per heavy atom. The van der Waals surface area contributed by atoms with Crippen molar-refractivity contribution in [1.29, 1.82) is 0 Å². The lowest BCUT2D eigenvalue weighted by Crippen LogP contribution is -2.50. The molecule has 1 aliphatic rings. The standard InChI is InChI=1S/C13H17FN2O2/c1-9-6-10(2-3-11(9)14)7-16-5-4-13(15,8-16)12(17)18/h2-3,6H,4-5,7-8,15H2,1H3,(H,17,18). The van der Waals surface area contributed by atoms with Gasteiger partial charge < -0.3 is 10.8 Å². The van der Waals surface area contributed by atoms with Gasteiger partial charge in [-0.25, -0.2) is 4.39 Å². The SMILES string of the molecule is Cc1cc(CN2CCC(N)(C(=O)O)C2)ccc1F. The van der Waals surface area contributed by atoms with Crippen LogP contribution in [0.5, 0.6) is 0 Å². The first-order valence-corrected chi connectivity index (χ1v) is 5.90. The van der Waals surface area contributed by atoms with E-state index in [0.717, 1.165) is 5.56 Å². The molecule has 0 saturated carbocycles. The molecule has 1 fully saturated rings. The Kier molecular flexibility index (Phi) is 3.36. The molecule has 0 bridgehead atoms. The van der Waals surface area contributed by atoms with Gasteiger partial charge >= 0.3 is 5.97 Å². The molecule has 98 valence electrons. The summed E-state index contributed by atoms with van der Waals surface area (Å²) in [6.07, 6.45) is 0.447. The number of benzene rings is 1. The van der Waals surface area contributed by atoms with E-state index in [1.54, 1.807) is 19.1 Å². The van der Waals surface area contributed by atoms with E-state index < -0.39 is 11.5 Å². The molecular weight excluding hydrogens is 235 g/mol. The van der Waals surface area contributed by atoms with Crippen LogP contribution in [0.1, 0.15) is 17.5 Å². The van der Waals surface area contributed by atoms with Gasteiger partial charge in [0, 0.05) is 19.6 Å². The Bertz CT molecular complexity index is 478. The Balaban J connectivity index is 2.03. The maximum Gasteiger partial charge on any atom is 0.325 e. The molecule has 0 aromatic heterocycles. The van der Waals surface area contributed by atoms with Gasteiger partial charge in [0.05, 0.1) is 0 Å². The number of likely N-dealkylation sites (tertiary alicyclic amines) is 1. The number of aliphatic carboxylic acids is 1. The summed E-state index contributed by atoms with van der Waals surface area (Å²) in [4.78, 5) is 13.0. The molecule has 5 heteroatoms. The van der Waals surface area contributed by atoms with Crippen LogP contribution in [-0.2, 0) is 11.3 Å². The molecule has 1 aromatic carbocycles. The largest absolute Gasteiger partial charge is 0.480 e. The summed E-state index contributed by atoms with van der Waals surface area (Å²) in [5.74, 6) is -1.18. The van der Waals surface area contributed by atoms with Crippen molar-refractivity contribution >= 4 is 5.97 Å². The number of rotatable bonds is 3. The molecule has 18 heavy (non-hydrogen) atoms.